The topological polar surface area (TPSA) is 60.4 Å². The summed E-state index contributed by atoms with van der Waals surface area (Å²) in [6.07, 6.45) is 1.09. The first-order valence-corrected chi connectivity index (χ1v) is 7.86. The van der Waals surface area contributed by atoms with E-state index in [2.05, 4.69) is 0 Å². The Morgan fingerprint density at radius 1 is 1.37 bits per heavy atom. The van der Waals surface area contributed by atoms with Crippen molar-refractivity contribution in [2.45, 2.75) is 42.8 Å². The van der Waals surface area contributed by atoms with E-state index in [0.29, 0.717) is 12.8 Å². The smallest absolute Gasteiger partial charge is 0.307 e. The Morgan fingerprint density at radius 2 is 2.11 bits per heavy atom. The number of ether oxygens (including phenoxy) is 1. The first-order chi connectivity index (χ1) is 8.91. The molecule has 1 saturated heterocycles. The van der Waals surface area contributed by atoms with Gasteiger partial charge in [-0.15, -0.1) is 0 Å². The molecule has 0 saturated carbocycles. The highest BCUT2D eigenvalue weighted by Crippen LogP contribution is 2.37. The first kappa shape index (κ1) is 14.1. The Bertz CT molecular complexity index is 591. The molecule has 5 heteroatoms. The van der Waals surface area contributed by atoms with Crippen molar-refractivity contribution < 1.29 is 17.9 Å². The summed E-state index contributed by atoms with van der Waals surface area (Å²) in [5.41, 5.74) is 0.887. The van der Waals surface area contributed by atoms with Crippen LogP contribution >= 0.6 is 0 Å². The van der Waals surface area contributed by atoms with Gasteiger partial charge in [-0.25, -0.2) is 8.42 Å². The molecule has 0 radical (unpaired) electrons. The highest BCUT2D eigenvalue weighted by Gasteiger charge is 2.51. The second-order valence-corrected chi connectivity index (χ2v) is 7.43. The van der Waals surface area contributed by atoms with Crippen LogP contribution in [0.3, 0.4) is 0 Å². The predicted molar refractivity (Wildman–Crippen MR) is 71.6 cm³/mol. The van der Waals surface area contributed by atoms with Gasteiger partial charge in [0, 0.05) is 0 Å². The van der Waals surface area contributed by atoms with Crippen LogP contribution in [0.2, 0.25) is 0 Å². The Hall–Kier alpha value is -1.36. The molecule has 1 aliphatic rings. The van der Waals surface area contributed by atoms with Gasteiger partial charge in [0.25, 0.3) is 0 Å². The maximum Gasteiger partial charge on any atom is 0.307 e. The molecule has 1 aromatic rings. The molecular weight excluding hydrogens is 264 g/mol. The van der Waals surface area contributed by atoms with Crippen molar-refractivity contribution in [2.75, 3.05) is 6.61 Å². The van der Waals surface area contributed by atoms with Gasteiger partial charge in [-0.1, -0.05) is 25.5 Å². The van der Waals surface area contributed by atoms with Gasteiger partial charge < -0.3 is 4.74 Å². The zero-order valence-corrected chi connectivity index (χ0v) is 12.0. The van der Waals surface area contributed by atoms with Crippen molar-refractivity contribution in [3.63, 3.8) is 0 Å². The first-order valence-electron chi connectivity index (χ1n) is 6.38. The SMILES string of the molecule is CCC[C@@]1(S(=O)(=O)c2cccc(C)c2)COC(=O)C1. The summed E-state index contributed by atoms with van der Waals surface area (Å²) >= 11 is 0. The third-order valence-corrected chi connectivity index (χ3v) is 6.02. The fourth-order valence-electron chi connectivity index (χ4n) is 2.53. The summed E-state index contributed by atoms with van der Waals surface area (Å²) < 4.78 is 29.5. The van der Waals surface area contributed by atoms with E-state index in [1.54, 1.807) is 18.2 Å². The van der Waals surface area contributed by atoms with Crippen LogP contribution in [0.25, 0.3) is 0 Å². The second-order valence-electron chi connectivity index (χ2n) is 5.09. The minimum Gasteiger partial charge on any atom is -0.464 e. The molecule has 104 valence electrons. The van der Waals surface area contributed by atoms with E-state index < -0.39 is 20.6 Å². The van der Waals surface area contributed by atoms with Gasteiger partial charge in [-0.05, 0) is 31.0 Å². The van der Waals surface area contributed by atoms with Gasteiger partial charge in [0.05, 0.1) is 11.3 Å². The highest BCUT2D eigenvalue weighted by molar-refractivity contribution is 7.93. The van der Waals surface area contributed by atoms with Crippen molar-refractivity contribution >= 4 is 15.8 Å². The molecule has 1 atom stereocenters. The third kappa shape index (κ3) is 2.39. The number of aryl methyl sites for hydroxylation is 1. The van der Waals surface area contributed by atoms with Crippen molar-refractivity contribution in [1.82, 2.24) is 0 Å². The molecule has 1 fully saturated rings. The van der Waals surface area contributed by atoms with Crippen molar-refractivity contribution in [3.05, 3.63) is 29.8 Å². The molecule has 1 aromatic carbocycles. The number of rotatable bonds is 4. The fourth-order valence-corrected chi connectivity index (χ4v) is 4.63. The molecule has 1 heterocycles. The van der Waals surface area contributed by atoms with Crippen LogP contribution in [0.15, 0.2) is 29.2 Å². The summed E-state index contributed by atoms with van der Waals surface area (Å²) in [4.78, 5) is 11.7. The van der Waals surface area contributed by atoms with Gasteiger partial charge in [0.1, 0.15) is 11.4 Å². The lowest BCUT2D eigenvalue weighted by Gasteiger charge is -2.25. The van der Waals surface area contributed by atoms with E-state index in [-0.39, 0.29) is 17.9 Å². The van der Waals surface area contributed by atoms with Gasteiger partial charge >= 0.3 is 5.97 Å². The maximum atomic E-state index is 12.8. The number of carbonyl (C=O) groups excluding carboxylic acids is 1. The van der Waals surface area contributed by atoms with Crippen LogP contribution < -0.4 is 0 Å². The zero-order valence-electron chi connectivity index (χ0n) is 11.2. The summed E-state index contributed by atoms with van der Waals surface area (Å²) in [7, 11) is -3.56. The minimum absolute atomic E-state index is 0.0318. The molecular formula is C14H18O4S. The standard InChI is InChI=1S/C14H18O4S/c1-3-7-14(9-13(15)18-10-14)19(16,17)12-6-4-5-11(2)8-12/h4-6,8H,3,7,9-10H2,1-2H3/t14-/m0/s1. The van der Waals surface area contributed by atoms with Crippen molar-refractivity contribution in [3.8, 4) is 0 Å². The minimum atomic E-state index is -3.56. The van der Waals surface area contributed by atoms with Gasteiger partial charge in [0.15, 0.2) is 9.84 Å². The van der Waals surface area contributed by atoms with Crippen LogP contribution in [0.1, 0.15) is 31.7 Å². The van der Waals surface area contributed by atoms with Crippen LogP contribution in [-0.4, -0.2) is 25.7 Å². The van der Waals surface area contributed by atoms with Gasteiger partial charge in [0.2, 0.25) is 0 Å². The van der Waals surface area contributed by atoms with E-state index in [1.807, 2.05) is 19.9 Å². The number of benzene rings is 1. The molecule has 0 unspecified atom stereocenters. The lowest BCUT2D eigenvalue weighted by Crippen LogP contribution is -2.39. The Kier molecular flexibility index (Phi) is 3.67. The molecule has 0 amide bonds. The van der Waals surface area contributed by atoms with E-state index >= 15 is 0 Å². The van der Waals surface area contributed by atoms with E-state index in [1.165, 1.54) is 0 Å². The second kappa shape index (κ2) is 4.96. The predicted octanol–water partition coefficient (Wildman–Crippen LogP) is 2.25. The van der Waals surface area contributed by atoms with E-state index in [9.17, 15) is 13.2 Å². The van der Waals surface area contributed by atoms with Crippen molar-refractivity contribution in [2.24, 2.45) is 0 Å². The number of hydrogen-bond donors (Lipinski definition) is 0. The molecule has 0 spiro atoms. The van der Waals surface area contributed by atoms with Gasteiger partial charge in [-0.3, -0.25) is 4.79 Å². The largest absolute Gasteiger partial charge is 0.464 e. The summed E-state index contributed by atoms with van der Waals surface area (Å²) in [5.74, 6) is -0.426. The maximum absolute atomic E-state index is 12.8. The number of cyclic esters (lactones) is 1. The summed E-state index contributed by atoms with van der Waals surface area (Å²) in [5, 5.41) is 0. The summed E-state index contributed by atoms with van der Waals surface area (Å²) in [6.45, 7) is 3.73. The monoisotopic (exact) mass is 282 g/mol. The highest BCUT2D eigenvalue weighted by atomic mass is 32.2. The molecule has 1 aliphatic heterocycles. The van der Waals surface area contributed by atoms with Crippen LogP contribution in [0, 0.1) is 6.92 Å². The number of sulfone groups is 1. The van der Waals surface area contributed by atoms with Crippen molar-refractivity contribution in [1.29, 1.82) is 0 Å². The molecule has 0 aromatic heterocycles. The number of esters is 1. The Balaban J connectivity index is 2.49. The molecule has 0 bridgehead atoms. The van der Waals surface area contributed by atoms with Crippen LogP contribution in [-0.2, 0) is 19.4 Å². The molecule has 19 heavy (non-hydrogen) atoms. The summed E-state index contributed by atoms with van der Waals surface area (Å²) in [6, 6.07) is 6.80. The third-order valence-electron chi connectivity index (χ3n) is 3.54. The number of carbonyl (C=O) groups is 1. The lowest BCUT2D eigenvalue weighted by atomic mass is 10.0. The molecule has 4 nitrogen and oxygen atoms in total. The average molecular weight is 282 g/mol. The molecule has 2 rings (SSSR count). The fraction of sp³-hybridized carbons (Fsp3) is 0.500. The normalized spacial score (nSPS) is 23.4. The quantitative estimate of drug-likeness (QED) is 0.795. The van der Waals surface area contributed by atoms with Crippen LogP contribution in [0.4, 0.5) is 0 Å². The average Bonchev–Trinajstić information content (AvgIpc) is 2.73. The van der Waals surface area contributed by atoms with Crippen LogP contribution in [0.5, 0.6) is 0 Å². The Labute approximate surface area is 113 Å². The zero-order chi connectivity index (χ0) is 14.1. The number of hydrogen-bond acceptors (Lipinski definition) is 4. The Morgan fingerprint density at radius 3 is 2.63 bits per heavy atom. The molecule has 0 N–H and O–H groups in total. The van der Waals surface area contributed by atoms with Gasteiger partial charge in [-0.2, -0.15) is 0 Å². The lowest BCUT2D eigenvalue weighted by molar-refractivity contribution is -0.137. The van der Waals surface area contributed by atoms with E-state index in [4.69, 9.17) is 4.74 Å². The molecule has 0 aliphatic carbocycles. The van der Waals surface area contributed by atoms with E-state index in [0.717, 1.165) is 5.56 Å².